The molecule has 0 amide bonds. The van der Waals surface area contributed by atoms with Gasteiger partial charge in [-0.15, -0.1) is 0 Å². The maximum atomic E-state index is 4.71. The third-order valence-corrected chi connectivity index (χ3v) is 3.30. The second-order valence-corrected chi connectivity index (χ2v) is 5.63. The SMILES string of the molecule is CCC(CC)n1ccc(CC(C)(C)CNC)n1. The summed E-state index contributed by atoms with van der Waals surface area (Å²) < 4.78 is 2.13. The van der Waals surface area contributed by atoms with Gasteiger partial charge in [0, 0.05) is 12.7 Å². The predicted molar refractivity (Wildman–Crippen MR) is 73.3 cm³/mol. The van der Waals surface area contributed by atoms with E-state index in [1.165, 1.54) is 5.69 Å². The summed E-state index contributed by atoms with van der Waals surface area (Å²) in [5.41, 5.74) is 1.47. The Labute approximate surface area is 106 Å². The molecule has 0 fully saturated rings. The Morgan fingerprint density at radius 3 is 2.53 bits per heavy atom. The molecular weight excluding hydrogens is 210 g/mol. The molecule has 0 radical (unpaired) electrons. The summed E-state index contributed by atoms with van der Waals surface area (Å²) in [4.78, 5) is 0. The van der Waals surface area contributed by atoms with Crippen molar-refractivity contribution >= 4 is 0 Å². The highest BCUT2D eigenvalue weighted by Crippen LogP contribution is 2.21. The molecule has 0 aromatic carbocycles. The van der Waals surface area contributed by atoms with Crippen LogP contribution >= 0.6 is 0 Å². The highest BCUT2D eigenvalue weighted by Gasteiger charge is 2.19. The second-order valence-electron chi connectivity index (χ2n) is 5.63. The molecule has 3 heteroatoms. The van der Waals surface area contributed by atoms with E-state index in [-0.39, 0.29) is 5.41 Å². The van der Waals surface area contributed by atoms with E-state index in [2.05, 4.69) is 50.0 Å². The fourth-order valence-electron chi connectivity index (χ4n) is 2.37. The van der Waals surface area contributed by atoms with E-state index in [1.54, 1.807) is 0 Å². The van der Waals surface area contributed by atoms with Crippen LogP contribution in [0.5, 0.6) is 0 Å². The van der Waals surface area contributed by atoms with Crippen LogP contribution in [0.3, 0.4) is 0 Å². The first-order chi connectivity index (χ1) is 8.02. The van der Waals surface area contributed by atoms with Gasteiger partial charge in [-0.3, -0.25) is 4.68 Å². The second kappa shape index (κ2) is 6.20. The number of nitrogens with zero attached hydrogens (tertiary/aromatic N) is 2. The lowest BCUT2D eigenvalue weighted by Crippen LogP contribution is -2.29. The number of hydrogen-bond acceptors (Lipinski definition) is 2. The average Bonchev–Trinajstić information content (AvgIpc) is 2.67. The fraction of sp³-hybridized carbons (Fsp3) is 0.786. The smallest absolute Gasteiger partial charge is 0.0630 e. The maximum absolute atomic E-state index is 4.71. The molecule has 0 aliphatic heterocycles. The molecule has 17 heavy (non-hydrogen) atoms. The minimum Gasteiger partial charge on any atom is -0.319 e. The molecule has 0 unspecified atom stereocenters. The van der Waals surface area contributed by atoms with Gasteiger partial charge in [0.15, 0.2) is 0 Å². The van der Waals surface area contributed by atoms with E-state index in [0.717, 1.165) is 25.8 Å². The van der Waals surface area contributed by atoms with Crippen molar-refractivity contribution in [3.63, 3.8) is 0 Å². The van der Waals surface area contributed by atoms with Crippen LogP contribution < -0.4 is 5.32 Å². The zero-order valence-corrected chi connectivity index (χ0v) is 12.0. The topological polar surface area (TPSA) is 29.9 Å². The fourth-order valence-corrected chi connectivity index (χ4v) is 2.37. The first-order valence-corrected chi connectivity index (χ1v) is 6.71. The standard InChI is InChI=1S/C14H27N3/c1-6-13(7-2)17-9-8-12(16-17)10-14(3,4)11-15-5/h8-9,13,15H,6-7,10-11H2,1-5H3. The number of nitrogens with one attached hydrogen (secondary N) is 1. The summed E-state index contributed by atoms with van der Waals surface area (Å²) >= 11 is 0. The average molecular weight is 237 g/mol. The first-order valence-electron chi connectivity index (χ1n) is 6.71. The van der Waals surface area contributed by atoms with E-state index >= 15 is 0 Å². The quantitative estimate of drug-likeness (QED) is 0.790. The van der Waals surface area contributed by atoms with Gasteiger partial charge in [-0.1, -0.05) is 27.7 Å². The molecule has 1 rings (SSSR count). The van der Waals surface area contributed by atoms with Crippen LogP contribution in [-0.2, 0) is 6.42 Å². The van der Waals surface area contributed by atoms with Crippen LogP contribution in [0.4, 0.5) is 0 Å². The number of hydrogen-bond donors (Lipinski definition) is 1. The van der Waals surface area contributed by atoms with Crippen molar-refractivity contribution in [1.82, 2.24) is 15.1 Å². The van der Waals surface area contributed by atoms with Crippen LogP contribution in [0.1, 0.15) is 52.3 Å². The van der Waals surface area contributed by atoms with Gasteiger partial charge >= 0.3 is 0 Å². The molecule has 0 saturated heterocycles. The van der Waals surface area contributed by atoms with Gasteiger partial charge in [0.2, 0.25) is 0 Å². The van der Waals surface area contributed by atoms with Crippen LogP contribution in [0, 0.1) is 5.41 Å². The van der Waals surface area contributed by atoms with Crippen LogP contribution in [0.15, 0.2) is 12.3 Å². The predicted octanol–water partition coefficient (Wildman–Crippen LogP) is 3.03. The van der Waals surface area contributed by atoms with Gasteiger partial charge in [-0.25, -0.2) is 0 Å². The largest absolute Gasteiger partial charge is 0.319 e. The molecule has 0 saturated carbocycles. The molecule has 98 valence electrons. The van der Waals surface area contributed by atoms with Crippen LogP contribution in [0.25, 0.3) is 0 Å². The lowest BCUT2D eigenvalue weighted by molar-refractivity contribution is 0.341. The van der Waals surface area contributed by atoms with Crippen LogP contribution in [-0.4, -0.2) is 23.4 Å². The van der Waals surface area contributed by atoms with Gasteiger partial charge < -0.3 is 5.32 Å². The minimum absolute atomic E-state index is 0.266. The van der Waals surface area contributed by atoms with Crippen molar-refractivity contribution in [2.45, 2.75) is 53.0 Å². The van der Waals surface area contributed by atoms with Crippen molar-refractivity contribution in [2.75, 3.05) is 13.6 Å². The van der Waals surface area contributed by atoms with Crippen molar-refractivity contribution in [3.05, 3.63) is 18.0 Å². The summed E-state index contributed by atoms with van der Waals surface area (Å²) in [7, 11) is 2.00. The van der Waals surface area contributed by atoms with Crippen molar-refractivity contribution in [3.8, 4) is 0 Å². The molecular formula is C14H27N3. The van der Waals surface area contributed by atoms with E-state index in [4.69, 9.17) is 5.10 Å². The van der Waals surface area contributed by atoms with Crippen molar-refractivity contribution < 1.29 is 0 Å². The molecule has 1 heterocycles. The van der Waals surface area contributed by atoms with Gasteiger partial charge in [0.05, 0.1) is 11.7 Å². The number of aromatic nitrogens is 2. The zero-order valence-electron chi connectivity index (χ0n) is 12.0. The summed E-state index contributed by atoms with van der Waals surface area (Å²) in [6, 6.07) is 2.71. The van der Waals surface area contributed by atoms with E-state index in [1.807, 2.05) is 7.05 Å². The van der Waals surface area contributed by atoms with E-state index in [0.29, 0.717) is 6.04 Å². The Bertz CT molecular complexity index is 324. The molecule has 1 aromatic heterocycles. The molecule has 1 aromatic rings. The van der Waals surface area contributed by atoms with Crippen LogP contribution in [0.2, 0.25) is 0 Å². The third-order valence-electron chi connectivity index (χ3n) is 3.30. The molecule has 0 atom stereocenters. The maximum Gasteiger partial charge on any atom is 0.0630 e. The summed E-state index contributed by atoms with van der Waals surface area (Å²) in [6.07, 6.45) is 5.46. The highest BCUT2D eigenvalue weighted by atomic mass is 15.3. The molecule has 3 nitrogen and oxygen atoms in total. The third kappa shape index (κ3) is 4.15. The molecule has 0 aliphatic carbocycles. The van der Waals surface area contributed by atoms with Crippen molar-refractivity contribution in [1.29, 1.82) is 0 Å². The van der Waals surface area contributed by atoms with E-state index < -0.39 is 0 Å². The van der Waals surface area contributed by atoms with Gasteiger partial charge in [-0.2, -0.15) is 5.10 Å². The van der Waals surface area contributed by atoms with Gasteiger partial charge in [0.25, 0.3) is 0 Å². The Balaban J connectivity index is 2.68. The molecule has 0 aliphatic rings. The molecule has 0 bridgehead atoms. The Hall–Kier alpha value is -0.830. The molecule has 0 spiro atoms. The summed E-state index contributed by atoms with van der Waals surface area (Å²) in [6.45, 7) is 10.0. The lowest BCUT2D eigenvalue weighted by Gasteiger charge is -2.23. The summed E-state index contributed by atoms with van der Waals surface area (Å²) in [5, 5.41) is 7.95. The first kappa shape index (κ1) is 14.2. The van der Waals surface area contributed by atoms with E-state index in [9.17, 15) is 0 Å². The molecule has 1 N–H and O–H groups in total. The minimum atomic E-state index is 0.266. The Morgan fingerprint density at radius 1 is 1.35 bits per heavy atom. The normalized spacial score (nSPS) is 12.4. The lowest BCUT2D eigenvalue weighted by atomic mass is 9.88. The Morgan fingerprint density at radius 2 is 2.00 bits per heavy atom. The summed E-state index contributed by atoms with van der Waals surface area (Å²) in [5.74, 6) is 0. The van der Waals surface area contributed by atoms with Gasteiger partial charge in [0.1, 0.15) is 0 Å². The van der Waals surface area contributed by atoms with Crippen molar-refractivity contribution in [2.24, 2.45) is 5.41 Å². The van der Waals surface area contributed by atoms with Gasteiger partial charge in [-0.05, 0) is 37.8 Å². The highest BCUT2D eigenvalue weighted by molar-refractivity contribution is 5.03. The zero-order chi connectivity index (χ0) is 12.9. The monoisotopic (exact) mass is 237 g/mol. The number of rotatable bonds is 7. The Kier molecular flexibility index (Phi) is 5.19.